The highest BCUT2D eigenvalue weighted by atomic mass is 16.5. The molecule has 144 valence electrons. The zero-order valence-corrected chi connectivity index (χ0v) is 17.5. The predicted octanol–water partition coefficient (Wildman–Crippen LogP) is 5.67. The van der Waals surface area contributed by atoms with E-state index in [1.165, 1.54) is 25.7 Å². The lowest BCUT2D eigenvalue weighted by Crippen LogP contribution is -2.37. The second-order valence-corrected chi connectivity index (χ2v) is 7.90. The largest absolute Gasteiger partial charge is 0.383 e. The maximum Gasteiger partial charge on any atom is 0.222 e. The number of nitrogens with zero attached hydrogens (tertiary/aromatic N) is 1. The van der Waals surface area contributed by atoms with Crippen molar-refractivity contribution in [1.82, 2.24) is 4.90 Å². The van der Waals surface area contributed by atoms with Crippen molar-refractivity contribution in [3.8, 4) is 0 Å². The molecule has 1 heterocycles. The highest BCUT2D eigenvalue weighted by Gasteiger charge is 2.27. The average molecular weight is 342 g/mol. The Morgan fingerprint density at radius 1 is 1.17 bits per heavy atom. The zero-order chi connectivity index (χ0) is 18.6. The van der Waals surface area contributed by atoms with Crippen LogP contribution in [0.5, 0.6) is 0 Å². The normalized spacial score (nSPS) is 17.8. The minimum Gasteiger partial charge on any atom is -0.383 e. The van der Waals surface area contributed by atoms with Crippen LogP contribution >= 0.6 is 0 Å². The quantitative estimate of drug-likeness (QED) is 0.479. The van der Waals surface area contributed by atoms with Gasteiger partial charge in [0.25, 0.3) is 0 Å². The molecule has 1 amide bonds. The first-order valence-corrected chi connectivity index (χ1v) is 10.2. The molecular weight excluding hydrogens is 298 g/mol. The van der Waals surface area contributed by atoms with E-state index in [2.05, 4.69) is 27.7 Å². The van der Waals surface area contributed by atoms with Gasteiger partial charge in [0.15, 0.2) is 0 Å². The van der Waals surface area contributed by atoms with E-state index in [1.54, 1.807) is 7.11 Å². The first-order chi connectivity index (χ1) is 11.4. The van der Waals surface area contributed by atoms with Crippen LogP contribution in [0, 0.1) is 11.3 Å². The van der Waals surface area contributed by atoms with Crippen LogP contribution in [-0.2, 0) is 9.53 Å². The molecule has 3 nitrogen and oxygen atoms in total. The first-order valence-electron chi connectivity index (χ1n) is 10.2. The Balaban J connectivity index is 0.00000254. The fourth-order valence-corrected chi connectivity index (χ4v) is 3.17. The molecule has 1 saturated heterocycles. The van der Waals surface area contributed by atoms with Crippen molar-refractivity contribution in [2.45, 2.75) is 99.0 Å². The number of amides is 1. The topological polar surface area (TPSA) is 29.5 Å². The Kier molecular flexibility index (Phi) is 12.4. The molecule has 0 radical (unpaired) electrons. The van der Waals surface area contributed by atoms with Gasteiger partial charge in [-0.2, -0.15) is 0 Å². The van der Waals surface area contributed by atoms with Crippen molar-refractivity contribution >= 4 is 5.91 Å². The number of carbonyl (C=O) groups is 1. The summed E-state index contributed by atoms with van der Waals surface area (Å²) >= 11 is 0. The summed E-state index contributed by atoms with van der Waals surface area (Å²) in [6.07, 6.45) is 9.00. The monoisotopic (exact) mass is 341 g/mol. The summed E-state index contributed by atoms with van der Waals surface area (Å²) in [5.74, 6) is 1.07. The summed E-state index contributed by atoms with van der Waals surface area (Å²) in [6.45, 7) is 15.0. The zero-order valence-electron chi connectivity index (χ0n) is 17.5. The molecule has 0 bridgehead atoms. The number of hydrogen-bond acceptors (Lipinski definition) is 2. The van der Waals surface area contributed by atoms with E-state index >= 15 is 0 Å². The molecule has 1 rings (SSSR count). The summed E-state index contributed by atoms with van der Waals surface area (Å²) in [4.78, 5) is 14.3. The Hall–Kier alpha value is -0.570. The second-order valence-electron chi connectivity index (χ2n) is 7.90. The molecule has 0 aromatic rings. The van der Waals surface area contributed by atoms with Crippen LogP contribution in [0.2, 0.25) is 0 Å². The molecule has 1 aliphatic rings. The summed E-state index contributed by atoms with van der Waals surface area (Å²) in [5.41, 5.74) is 0.443. The second kappa shape index (κ2) is 12.7. The summed E-state index contributed by atoms with van der Waals surface area (Å²) in [5, 5.41) is 0. The van der Waals surface area contributed by atoms with Gasteiger partial charge in [0, 0.05) is 20.1 Å². The van der Waals surface area contributed by atoms with Crippen molar-refractivity contribution in [3.05, 3.63) is 0 Å². The molecule has 1 atom stereocenters. The summed E-state index contributed by atoms with van der Waals surface area (Å²) in [6, 6.07) is 0.323. The fraction of sp³-hybridized carbons (Fsp3) is 0.952. The van der Waals surface area contributed by atoms with Crippen LogP contribution < -0.4 is 0 Å². The molecule has 1 aliphatic heterocycles. The average Bonchev–Trinajstić information content (AvgIpc) is 3.01. The molecule has 0 spiro atoms. The van der Waals surface area contributed by atoms with Gasteiger partial charge < -0.3 is 9.64 Å². The van der Waals surface area contributed by atoms with Gasteiger partial charge in [-0.15, -0.1) is 0 Å². The highest BCUT2D eigenvalue weighted by molar-refractivity contribution is 5.76. The maximum atomic E-state index is 12.3. The van der Waals surface area contributed by atoms with Gasteiger partial charge in [-0.1, -0.05) is 60.8 Å². The lowest BCUT2D eigenvalue weighted by molar-refractivity contribution is -0.133. The van der Waals surface area contributed by atoms with Gasteiger partial charge in [-0.3, -0.25) is 4.79 Å². The van der Waals surface area contributed by atoms with Crippen molar-refractivity contribution < 1.29 is 9.53 Å². The summed E-state index contributed by atoms with van der Waals surface area (Å²) in [7, 11) is 1.72. The van der Waals surface area contributed by atoms with Crippen LogP contribution in [-0.4, -0.2) is 37.1 Å². The Labute approximate surface area is 151 Å². The molecule has 24 heavy (non-hydrogen) atoms. The third-order valence-corrected chi connectivity index (χ3v) is 5.58. The number of unbranched alkanes of at least 4 members (excludes halogenated alkanes) is 3. The lowest BCUT2D eigenvalue weighted by atomic mass is 9.77. The van der Waals surface area contributed by atoms with E-state index in [1.807, 2.05) is 18.7 Å². The van der Waals surface area contributed by atoms with Crippen molar-refractivity contribution in [1.29, 1.82) is 0 Å². The van der Waals surface area contributed by atoms with Gasteiger partial charge in [-0.05, 0) is 37.0 Å². The van der Waals surface area contributed by atoms with Crippen LogP contribution in [0.1, 0.15) is 92.9 Å². The van der Waals surface area contributed by atoms with Gasteiger partial charge in [0.1, 0.15) is 0 Å². The van der Waals surface area contributed by atoms with E-state index in [0.29, 0.717) is 30.4 Å². The van der Waals surface area contributed by atoms with E-state index in [-0.39, 0.29) is 0 Å². The highest BCUT2D eigenvalue weighted by Crippen LogP contribution is 2.32. The smallest absolute Gasteiger partial charge is 0.222 e. The third-order valence-electron chi connectivity index (χ3n) is 5.58. The van der Waals surface area contributed by atoms with E-state index in [9.17, 15) is 4.79 Å². The van der Waals surface area contributed by atoms with Crippen LogP contribution in [0.3, 0.4) is 0 Å². The van der Waals surface area contributed by atoms with Crippen molar-refractivity contribution in [2.24, 2.45) is 11.3 Å². The van der Waals surface area contributed by atoms with Gasteiger partial charge in [0.2, 0.25) is 5.91 Å². The van der Waals surface area contributed by atoms with Crippen LogP contribution in [0.4, 0.5) is 0 Å². The third kappa shape index (κ3) is 8.50. The van der Waals surface area contributed by atoms with Gasteiger partial charge in [0.05, 0.1) is 12.6 Å². The molecule has 0 aromatic heterocycles. The predicted molar refractivity (Wildman–Crippen MR) is 104 cm³/mol. The van der Waals surface area contributed by atoms with E-state index < -0.39 is 0 Å². The number of ether oxygens (including phenoxy) is 1. The lowest BCUT2D eigenvalue weighted by Gasteiger charge is -2.29. The number of hydrogen-bond donors (Lipinski definition) is 0. The molecule has 0 aliphatic carbocycles. The Morgan fingerprint density at radius 3 is 2.38 bits per heavy atom. The standard InChI is InChI=1S/C19H37NO2.C2H6/c1-16(2)19(3,4)13-9-7-6-8-12-18(21)20-14-10-11-17(20)15-22-5;1-2/h16-17H,6-15H2,1-5H3;1-2H3. The van der Waals surface area contributed by atoms with Crippen molar-refractivity contribution in [2.75, 3.05) is 20.3 Å². The molecule has 0 saturated carbocycles. The molecular formula is C21H43NO2. The first kappa shape index (κ1) is 23.4. The molecule has 3 heteroatoms. The molecule has 0 N–H and O–H groups in total. The Bertz CT molecular complexity index is 326. The number of rotatable bonds is 10. The van der Waals surface area contributed by atoms with Crippen LogP contribution in [0.15, 0.2) is 0 Å². The Morgan fingerprint density at radius 2 is 1.79 bits per heavy atom. The molecule has 1 unspecified atom stereocenters. The van der Waals surface area contributed by atoms with Crippen molar-refractivity contribution in [3.63, 3.8) is 0 Å². The molecule has 0 aromatic carbocycles. The SMILES string of the molecule is CC.COCC1CCCN1C(=O)CCCCCCC(C)(C)C(C)C. The number of likely N-dealkylation sites (tertiary alicyclic amines) is 1. The number of methoxy groups -OCH3 is 1. The fourth-order valence-electron chi connectivity index (χ4n) is 3.17. The van der Waals surface area contributed by atoms with E-state index in [0.717, 1.165) is 31.7 Å². The number of carbonyl (C=O) groups excluding carboxylic acids is 1. The van der Waals surface area contributed by atoms with Gasteiger partial charge >= 0.3 is 0 Å². The molecule has 1 fully saturated rings. The minimum absolute atomic E-state index is 0.323. The maximum absolute atomic E-state index is 12.3. The van der Waals surface area contributed by atoms with Crippen LogP contribution in [0.25, 0.3) is 0 Å². The minimum atomic E-state index is 0.323. The summed E-state index contributed by atoms with van der Waals surface area (Å²) < 4.78 is 5.22. The van der Waals surface area contributed by atoms with Gasteiger partial charge in [-0.25, -0.2) is 0 Å². The van der Waals surface area contributed by atoms with E-state index in [4.69, 9.17) is 4.74 Å².